The zero-order valence-electron chi connectivity index (χ0n) is 9.24. The van der Waals surface area contributed by atoms with Gasteiger partial charge in [-0.05, 0) is 43.7 Å². The normalized spacial score (nSPS) is 19.9. The van der Waals surface area contributed by atoms with Crippen LogP contribution in [0.1, 0.15) is 30.9 Å². The molecule has 3 N–H and O–H groups in total. The van der Waals surface area contributed by atoms with Gasteiger partial charge in [0.25, 0.3) is 0 Å². The van der Waals surface area contributed by atoms with E-state index in [9.17, 15) is 5.11 Å². The topological polar surface area (TPSA) is 46.2 Å². The first kappa shape index (κ1) is 10.7. The number of benzene rings is 1. The molecule has 1 aliphatic carbocycles. The first-order valence-corrected chi connectivity index (χ1v) is 5.62. The summed E-state index contributed by atoms with van der Waals surface area (Å²) in [6.45, 7) is 1.81. The maximum absolute atomic E-state index is 9.25. The van der Waals surface area contributed by atoms with Crippen LogP contribution in [0.5, 0.6) is 0 Å². The van der Waals surface area contributed by atoms with Crippen molar-refractivity contribution in [2.24, 2.45) is 5.73 Å². The van der Waals surface area contributed by atoms with E-state index in [2.05, 4.69) is 24.3 Å². The Kier molecular flexibility index (Phi) is 2.81. The molecule has 0 aromatic heterocycles. The van der Waals surface area contributed by atoms with E-state index in [1.807, 2.05) is 6.92 Å². The lowest BCUT2D eigenvalue weighted by molar-refractivity contribution is 0.195. The Morgan fingerprint density at radius 1 is 1.27 bits per heavy atom. The largest absolute Gasteiger partial charge is 0.393 e. The maximum Gasteiger partial charge on any atom is 0.0552 e. The number of rotatable bonds is 4. The van der Waals surface area contributed by atoms with Crippen molar-refractivity contribution in [3.8, 4) is 0 Å². The van der Waals surface area contributed by atoms with Crippen LogP contribution in [0.15, 0.2) is 24.3 Å². The van der Waals surface area contributed by atoms with Crippen LogP contribution >= 0.6 is 0 Å². The van der Waals surface area contributed by atoms with Crippen molar-refractivity contribution in [2.75, 3.05) is 0 Å². The third kappa shape index (κ3) is 3.05. The molecule has 2 heteroatoms. The van der Waals surface area contributed by atoms with Crippen molar-refractivity contribution in [2.45, 2.75) is 44.2 Å². The lowest BCUT2D eigenvalue weighted by Crippen LogP contribution is -2.24. The standard InChI is InChI=1S/C13H19NO/c1-10(15)8-11-2-4-12(5-3-11)9-13(14)6-7-13/h2-5,10,15H,6-9,14H2,1H3. The monoisotopic (exact) mass is 205 g/mol. The maximum atomic E-state index is 9.25. The van der Waals surface area contributed by atoms with Crippen LogP contribution in [-0.2, 0) is 12.8 Å². The van der Waals surface area contributed by atoms with Gasteiger partial charge in [0, 0.05) is 5.54 Å². The molecule has 2 nitrogen and oxygen atoms in total. The average Bonchev–Trinajstić information content (AvgIpc) is 2.86. The molecular formula is C13H19NO. The van der Waals surface area contributed by atoms with Gasteiger partial charge in [0.1, 0.15) is 0 Å². The third-order valence-corrected chi connectivity index (χ3v) is 3.00. The highest BCUT2D eigenvalue weighted by atomic mass is 16.3. The van der Waals surface area contributed by atoms with Crippen molar-refractivity contribution in [3.63, 3.8) is 0 Å². The summed E-state index contributed by atoms with van der Waals surface area (Å²) in [5.41, 5.74) is 8.65. The quantitative estimate of drug-likeness (QED) is 0.785. The Hall–Kier alpha value is -0.860. The summed E-state index contributed by atoms with van der Waals surface area (Å²) in [5.74, 6) is 0. The second-order valence-electron chi connectivity index (χ2n) is 4.91. The Balaban J connectivity index is 1.97. The van der Waals surface area contributed by atoms with Gasteiger partial charge < -0.3 is 10.8 Å². The van der Waals surface area contributed by atoms with E-state index in [0.29, 0.717) is 0 Å². The second kappa shape index (κ2) is 3.95. The molecule has 1 fully saturated rings. The first-order chi connectivity index (χ1) is 7.07. The molecule has 2 rings (SSSR count). The van der Waals surface area contributed by atoms with E-state index in [1.165, 1.54) is 11.1 Å². The van der Waals surface area contributed by atoms with Crippen LogP contribution in [0.4, 0.5) is 0 Å². The SMILES string of the molecule is CC(O)Cc1ccc(CC2(N)CC2)cc1. The summed E-state index contributed by atoms with van der Waals surface area (Å²) in [4.78, 5) is 0. The zero-order chi connectivity index (χ0) is 10.9. The number of aliphatic hydroxyl groups is 1. The molecule has 0 spiro atoms. The van der Waals surface area contributed by atoms with Gasteiger partial charge in [0.15, 0.2) is 0 Å². The minimum Gasteiger partial charge on any atom is -0.393 e. The highest BCUT2D eigenvalue weighted by Gasteiger charge is 2.37. The summed E-state index contributed by atoms with van der Waals surface area (Å²) >= 11 is 0. The lowest BCUT2D eigenvalue weighted by atomic mass is 10.0. The van der Waals surface area contributed by atoms with Crippen molar-refractivity contribution >= 4 is 0 Å². The fourth-order valence-corrected chi connectivity index (χ4v) is 1.88. The molecule has 0 aliphatic heterocycles. The van der Waals surface area contributed by atoms with Crippen molar-refractivity contribution < 1.29 is 5.11 Å². The van der Waals surface area contributed by atoms with E-state index in [1.54, 1.807) is 0 Å². The van der Waals surface area contributed by atoms with Gasteiger partial charge in [-0.2, -0.15) is 0 Å². The Morgan fingerprint density at radius 2 is 1.80 bits per heavy atom. The molecule has 1 aromatic rings. The minimum atomic E-state index is -0.264. The molecule has 0 radical (unpaired) electrons. The predicted molar refractivity (Wildman–Crippen MR) is 61.7 cm³/mol. The van der Waals surface area contributed by atoms with Gasteiger partial charge >= 0.3 is 0 Å². The van der Waals surface area contributed by atoms with E-state index < -0.39 is 0 Å². The molecule has 82 valence electrons. The highest BCUT2D eigenvalue weighted by Crippen LogP contribution is 2.35. The Labute approximate surface area is 91.1 Å². The second-order valence-corrected chi connectivity index (χ2v) is 4.91. The number of aliphatic hydroxyl groups excluding tert-OH is 1. The van der Waals surface area contributed by atoms with E-state index >= 15 is 0 Å². The molecule has 1 aromatic carbocycles. The van der Waals surface area contributed by atoms with Gasteiger partial charge in [0.2, 0.25) is 0 Å². The van der Waals surface area contributed by atoms with Crippen molar-refractivity contribution in [1.29, 1.82) is 0 Å². The Morgan fingerprint density at radius 3 is 2.27 bits per heavy atom. The fourth-order valence-electron chi connectivity index (χ4n) is 1.88. The van der Waals surface area contributed by atoms with Crippen LogP contribution < -0.4 is 5.73 Å². The van der Waals surface area contributed by atoms with Crippen molar-refractivity contribution in [1.82, 2.24) is 0 Å². The van der Waals surface area contributed by atoms with Gasteiger partial charge in [-0.3, -0.25) is 0 Å². The number of nitrogens with two attached hydrogens (primary N) is 1. The summed E-state index contributed by atoms with van der Waals surface area (Å²) in [5, 5.41) is 9.25. The van der Waals surface area contributed by atoms with Crippen LogP contribution in [0.2, 0.25) is 0 Å². The zero-order valence-corrected chi connectivity index (χ0v) is 9.24. The Bertz CT molecular complexity index is 325. The summed E-state index contributed by atoms with van der Waals surface area (Å²) < 4.78 is 0. The highest BCUT2D eigenvalue weighted by molar-refractivity contribution is 5.26. The smallest absolute Gasteiger partial charge is 0.0552 e. The molecule has 1 unspecified atom stereocenters. The summed E-state index contributed by atoms with van der Waals surface area (Å²) in [6.07, 6.45) is 3.76. The number of hydrogen-bond donors (Lipinski definition) is 2. The predicted octanol–water partition coefficient (Wildman–Crippen LogP) is 1.64. The molecule has 0 bridgehead atoms. The molecule has 0 heterocycles. The van der Waals surface area contributed by atoms with Crippen LogP contribution in [0.3, 0.4) is 0 Å². The molecule has 1 saturated carbocycles. The van der Waals surface area contributed by atoms with E-state index in [0.717, 1.165) is 25.7 Å². The van der Waals surface area contributed by atoms with E-state index in [4.69, 9.17) is 5.73 Å². The summed E-state index contributed by atoms with van der Waals surface area (Å²) in [7, 11) is 0. The van der Waals surface area contributed by atoms with Crippen LogP contribution in [0, 0.1) is 0 Å². The molecule has 1 atom stereocenters. The molecule has 0 saturated heterocycles. The number of hydrogen-bond acceptors (Lipinski definition) is 2. The lowest BCUT2D eigenvalue weighted by Gasteiger charge is -2.09. The van der Waals surface area contributed by atoms with Crippen molar-refractivity contribution in [3.05, 3.63) is 35.4 Å². The summed E-state index contributed by atoms with van der Waals surface area (Å²) in [6, 6.07) is 8.44. The molecule has 15 heavy (non-hydrogen) atoms. The molecular weight excluding hydrogens is 186 g/mol. The fraction of sp³-hybridized carbons (Fsp3) is 0.538. The molecule has 1 aliphatic rings. The van der Waals surface area contributed by atoms with Gasteiger partial charge in [-0.15, -0.1) is 0 Å². The van der Waals surface area contributed by atoms with E-state index in [-0.39, 0.29) is 11.6 Å². The van der Waals surface area contributed by atoms with Gasteiger partial charge in [-0.1, -0.05) is 24.3 Å². The van der Waals surface area contributed by atoms with Gasteiger partial charge in [-0.25, -0.2) is 0 Å². The average molecular weight is 205 g/mol. The van der Waals surface area contributed by atoms with Gasteiger partial charge in [0.05, 0.1) is 6.10 Å². The van der Waals surface area contributed by atoms with Crippen LogP contribution in [0.25, 0.3) is 0 Å². The van der Waals surface area contributed by atoms with Crippen LogP contribution in [-0.4, -0.2) is 16.7 Å². The first-order valence-electron chi connectivity index (χ1n) is 5.62. The minimum absolute atomic E-state index is 0.0891. The third-order valence-electron chi connectivity index (χ3n) is 3.00. The molecule has 0 amide bonds.